The fraction of sp³-hybridized carbons (Fsp3) is 0.344. The Hall–Kier alpha value is -7.19. The predicted molar refractivity (Wildman–Crippen MR) is 323 cm³/mol. The second-order valence-electron chi connectivity index (χ2n) is 25.7. The van der Waals surface area contributed by atoms with Gasteiger partial charge < -0.3 is 38.2 Å². The van der Waals surface area contributed by atoms with Gasteiger partial charge in [-0.15, -0.1) is 0 Å². The Balaban J connectivity index is 0.000000151. The molecule has 0 saturated heterocycles. The molecule has 4 amide bonds. The number of fused-ring (bicyclic) bond motifs is 20. The highest BCUT2D eigenvalue weighted by atomic mass is 28.4. The second kappa shape index (κ2) is 17.7. The van der Waals surface area contributed by atoms with Crippen molar-refractivity contribution in [2.24, 2.45) is 0 Å². The first-order valence-electron chi connectivity index (χ1n) is 27.9. The number of aromatic amines is 2. The summed E-state index contributed by atoms with van der Waals surface area (Å²) in [6.07, 6.45) is 3.06. The molecule has 2 aliphatic carbocycles. The van der Waals surface area contributed by atoms with Crippen molar-refractivity contribution in [3.8, 4) is 0 Å². The Morgan fingerprint density at radius 1 is 0.500 bits per heavy atom. The van der Waals surface area contributed by atoms with Crippen LogP contribution in [0.2, 0.25) is 36.3 Å². The first-order valence-corrected chi connectivity index (χ1v) is 33.7. The van der Waals surface area contributed by atoms with Crippen LogP contribution in [-0.2, 0) is 8.85 Å². The molecule has 80 heavy (non-hydrogen) atoms. The molecule has 14 nitrogen and oxygen atoms in total. The molecule has 6 atom stereocenters. The lowest BCUT2D eigenvalue weighted by molar-refractivity contribution is -0.0199. The molecule has 2 aliphatic heterocycles. The number of benzene rings is 6. The molecule has 0 spiro atoms. The molecule has 16 heteroatoms. The van der Waals surface area contributed by atoms with E-state index in [0.717, 1.165) is 82.9 Å². The summed E-state index contributed by atoms with van der Waals surface area (Å²) in [5, 5.41) is 29.7. The van der Waals surface area contributed by atoms with E-state index < -0.39 is 41.0 Å². The maximum Gasteiger partial charge on any atom is 0.262 e. The highest BCUT2D eigenvalue weighted by Gasteiger charge is 2.50. The zero-order valence-electron chi connectivity index (χ0n) is 47.4. The number of nitrogens with zero attached hydrogens (tertiary/aromatic N) is 4. The second-order valence-corrected chi connectivity index (χ2v) is 35.2. The number of nitrogens with one attached hydrogen (secondary N) is 2. The third-order valence-corrected chi connectivity index (χ3v) is 28.1. The first-order chi connectivity index (χ1) is 37.8. The van der Waals surface area contributed by atoms with Crippen molar-refractivity contribution in [2.75, 3.05) is 14.1 Å². The quantitative estimate of drug-likeness (QED) is 0.0723. The summed E-state index contributed by atoms with van der Waals surface area (Å²) in [6.45, 7) is 22.2. The number of H-pyrrole nitrogens is 2. The Labute approximate surface area is 465 Å². The van der Waals surface area contributed by atoms with Crippen LogP contribution in [0, 0.1) is 0 Å². The first kappa shape index (κ1) is 52.2. The Bertz CT molecular complexity index is 4390. The molecule has 6 heterocycles. The molecule has 6 aromatic carbocycles. The number of allylic oxidation sites excluding steroid dienone is 1. The Kier molecular flexibility index (Phi) is 11.5. The van der Waals surface area contributed by atoms with Gasteiger partial charge in [0.2, 0.25) is 0 Å². The third-order valence-electron chi connectivity index (χ3n) is 19.1. The topological polar surface area (TPSA) is 175 Å². The molecule has 4 aliphatic rings. The van der Waals surface area contributed by atoms with E-state index in [9.17, 15) is 29.4 Å². The van der Waals surface area contributed by atoms with Crippen molar-refractivity contribution in [3.05, 3.63) is 131 Å². The van der Waals surface area contributed by atoms with Gasteiger partial charge in [0.25, 0.3) is 23.6 Å². The molecule has 14 rings (SSSR count). The summed E-state index contributed by atoms with van der Waals surface area (Å²) >= 11 is 0. The van der Waals surface area contributed by atoms with Crippen molar-refractivity contribution in [1.82, 2.24) is 28.9 Å². The van der Waals surface area contributed by atoms with Crippen LogP contribution in [0.15, 0.2) is 109 Å². The molecule has 1 fully saturated rings. The summed E-state index contributed by atoms with van der Waals surface area (Å²) in [6, 6.07) is 31.4. The van der Waals surface area contributed by atoms with Crippen molar-refractivity contribution < 1.29 is 38.2 Å². The molecule has 0 bridgehead atoms. The Morgan fingerprint density at radius 2 is 0.900 bits per heavy atom. The number of carbonyl (C=O) groups is 4. The largest absolute Gasteiger partial charge is 0.411 e. The smallest absolute Gasteiger partial charge is 0.262 e. The van der Waals surface area contributed by atoms with Crippen LogP contribution in [-0.4, -0.2) is 118 Å². The van der Waals surface area contributed by atoms with Crippen LogP contribution >= 0.6 is 0 Å². The van der Waals surface area contributed by atoms with Gasteiger partial charge in [-0.05, 0) is 67.0 Å². The van der Waals surface area contributed by atoms with Crippen LogP contribution < -0.4 is 0 Å². The summed E-state index contributed by atoms with van der Waals surface area (Å²) in [5.41, 5.74) is 8.87. The molecule has 10 aromatic rings. The van der Waals surface area contributed by atoms with Gasteiger partial charge in [-0.3, -0.25) is 29.0 Å². The number of aliphatic hydroxyl groups is 2. The van der Waals surface area contributed by atoms with E-state index in [-0.39, 0.29) is 45.9 Å². The molecule has 4 N–H and O–H groups in total. The number of amides is 4. The number of imide groups is 2. The molecule has 1 saturated carbocycles. The lowest BCUT2D eigenvalue weighted by Crippen LogP contribution is -2.46. The Morgan fingerprint density at radius 3 is 1.38 bits per heavy atom. The van der Waals surface area contributed by atoms with Gasteiger partial charge in [0.1, 0.15) is 12.2 Å². The number of carbonyl (C=O) groups excluding carboxylic acids is 4. The zero-order valence-corrected chi connectivity index (χ0v) is 49.4. The van der Waals surface area contributed by atoms with Crippen LogP contribution in [0.4, 0.5) is 0 Å². The highest BCUT2D eigenvalue weighted by molar-refractivity contribution is 6.74. The van der Waals surface area contributed by atoms with E-state index in [4.69, 9.17) is 8.85 Å². The minimum Gasteiger partial charge on any atom is -0.411 e. The number of hydrogen-bond acceptors (Lipinski definition) is 8. The fourth-order valence-corrected chi connectivity index (χ4v) is 15.6. The van der Waals surface area contributed by atoms with E-state index in [1.165, 1.54) is 16.8 Å². The van der Waals surface area contributed by atoms with Gasteiger partial charge in [0.05, 0.1) is 68.6 Å². The molecule has 0 radical (unpaired) electrons. The van der Waals surface area contributed by atoms with Gasteiger partial charge in [0.15, 0.2) is 16.6 Å². The van der Waals surface area contributed by atoms with Crippen molar-refractivity contribution in [3.63, 3.8) is 0 Å². The lowest BCUT2D eigenvalue weighted by atomic mass is 9.96. The fourth-order valence-electron chi connectivity index (χ4n) is 13.0. The average Bonchev–Trinajstić information content (AvgIpc) is 4.02. The van der Waals surface area contributed by atoms with Crippen molar-refractivity contribution in [1.29, 1.82) is 0 Å². The standard InChI is InChI=1S/C32H35N3O5Si.C32H33N3O3Si/c1-32(2,3)41(5,6)40-21-15-20(28(36)29(21)37)35-19-14-10-8-12-17(19)23-25-24(30(38)34(4)31(25)39)22-16-11-7-9-13-18(16)33-26(22)27(23)35;1-32(2,3)39(5,6)38-19-16-15-18(17-19)35-23-14-10-8-12-21(23)25-27-26(30(36)34(4)31(27)37)24-20-11-7-9-13-22(20)33-28(24)29(25)35/h7-14,20-21,28-29,33,36-37H,15H2,1-6H3;7-16,18-19,33H,17H2,1-6H3/t20?,21-,28-,29+;18?,19-/m01/s1. The molecule has 2 unspecified atom stereocenters. The normalized spacial score (nSPS) is 21.9. The van der Waals surface area contributed by atoms with Crippen LogP contribution in [0.3, 0.4) is 0 Å². The zero-order chi connectivity index (χ0) is 56.6. The van der Waals surface area contributed by atoms with E-state index in [0.29, 0.717) is 39.4 Å². The minimum absolute atomic E-state index is 0.0362. The third kappa shape index (κ3) is 7.27. The van der Waals surface area contributed by atoms with Gasteiger partial charge in [-0.25, -0.2) is 0 Å². The summed E-state index contributed by atoms with van der Waals surface area (Å²) in [4.78, 5) is 64.1. The van der Waals surface area contributed by atoms with Gasteiger partial charge >= 0.3 is 0 Å². The van der Waals surface area contributed by atoms with E-state index in [1.807, 2.05) is 84.9 Å². The van der Waals surface area contributed by atoms with Gasteiger partial charge in [0, 0.05) is 85.7 Å². The van der Waals surface area contributed by atoms with Crippen LogP contribution in [0.25, 0.3) is 87.2 Å². The lowest BCUT2D eigenvalue weighted by Gasteiger charge is -2.39. The van der Waals surface area contributed by atoms with E-state index >= 15 is 0 Å². The number of aliphatic hydroxyl groups excluding tert-OH is 2. The SMILES string of the molecule is CN1C(=O)c2c(c3c4ccccc4n(C4C=C[C@@H](O[Si](C)(C)C(C)(C)C)C4)c3c3[nH]c4ccccc4c23)C1=O.CN1C(=O)c2c(c3c4ccccc4n(C4C[C@H](O[Si](C)(C)C(C)(C)C)[C@@H](O)[C@H]4O)c3c3[nH]c4ccccc4c23)C1=O. The average molecular weight is 1110 g/mol. The summed E-state index contributed by atoms with van der Waals surface area (Å²) in [7, 11) is -1.09. The number of rotatable bonds is 6. The molecule has 410 valence electrons. The maximum absolute atomic E-state index is 13.7. The number of para-hydroxylation sites is 4. The van der Waals surface area contributed by atoms with Crippen LogP contribution in [0.5, 0.6) is 0 Å². The summed E-state index contributed by atoms with van der Waals surface area (Å²) in [5.74, 6) is -1.14. The molecular formula is C64H68N6O8Si2. The molecule has 4 aromatic heterocycles. The highest BCUT2D eigenvalue weighted by Crippen LogP contribution is 2.51. The molecular weight excluding hydrogens is 1040 g/mol. The van der Waals surface area contributed by atoms with Gasteiger partial charge in [-0.2, -0.15) is 0 Å². The predicted octanol–water partition coefficient (Wildman–Crippen LogP) is 13.3. The van der Waals surface area contributed by atoms with Crippen LogP contribution in [0.1, 0.15) is 108 Å². The number of aromatic nitrogens is 4. The van der Waals surface area contributed by atoms with E-state index in [2.05, 4.69) is 111 Å². The van der Waals surface area contributed by atoms with Gasteiger partial charge in [-0.1, -0.05) is 126 Å². The minimum atomic E-state index is -2.24. The van der Waals surface area contributed by atoms with E-state index in [1.54, 1.807) is 7.05 Å². The van der Waals surface area contributed by atoms with Crippen molar-refractivity contribution >= 4 is 127 Å². The number of hydrogen-bond donors (Lipinski definition) is 4. The monoisotopic (exact) mass is 1100 g/mol. The van der Waals surface area contributed by atoms with Crippen molar-refractivity contribution in [2.45, 2.75) is 127 Å². The maximum atomic E-state index is 13.7. The summed E-state index contributed by atoms with van der Waals surface area (Å²) < 4.78 is 17.9.